The third kappa shape index (κ3) is 4.85. The Morgan fingerprint density at radius 3 is 2.70 bits per heavy atom. The van der Waals surface area contributed by atoms with Gasteiger partial charge in [0.2, 0.25) is 0 Å². The van der Waals surface area contributed by atoms with Crippen LogP contribution in [0.4, 0.5) is 10.2 Å². The first-order chi connectivity index (χ1) is 16.1. The van der Waals surface area contributed by atoms with Gasteiger partial charge in [-0.3, -0.25) is 15.6 Å². The molecule has 0 spiro atoms. The number of rotatable bonds is 8. The van der Waals surface area contributed by atoms with Crippen LogP contribution in [-0.2, 0) is 11.3 Å². The van der Waals surface area contributed by atoms with Gasteiger partial charge in [-0.05, 0) is 48.7 Å². The van der Waals surface area contributed by atoms with Crippen molar-refractivity contribution < 1.29 is 13.9 Å². The summed E-state index contributed by atoms with van der Waals surface area (Å²) in [5.41, 5.74) is 7.22. The van der Waals surface area contributed by atoms with E-state index in [4.69, 9.17) is 16.3 Å². The van der Waals surface area contributed by atoms with Gasteiger partial charge in [0.1, 0.15) is 17.4 Å². The summed E-state index contributed by atoms with van der Waals surface area (Å²) >= 11 is 6.30. The first kappa shape index (κ1) is 21.1. The highest BCUT2D eigenvalue weighted by Crippen LogP contribution is 2.39. The minimum atomic E-state index is -0.442. The first-order valence-corrected chi connectivity index (χ1v) is 10.7. The largest absolute Gasteiger partial charge is 0.484 e. The molecule has 1 fully saturated rings. The molecule has 2 heterocycles. The molecule has 5 rings (SSSR count). The Hall–Kier alpha value is -3.79. The summed E-state index contributed by atoms with van der Waals surface area (Å²) in [6.07, 6.45) is 2.02. The van der Waals surface area contributed by atoms with Crippen LogP contribution in [0.2, 0.25) is 5.02 Å². The van der Waals surface area contributed by atoms with Gasteiger partial charge in [0, 0.05) is 10.9 Å². The lowest BCUT2D eigenvalue weighted by atomic mass is 10.2. The highest BCUT2D eigenvalue weighted by atomic mass is 35.5. The number of hydrogen-bond donors (Lipinski definition) is 2. The summed E-state index contributed by atoms with van der Waals surface area (Å²) in [5.74, 6) is 0.857. The average molecular weight is 468 g/mol. The van der Waals surface area contributed by atoms with Crippen LogP contribution in [0, 0.1) is 5.82 Å². The second-order valence-electron chi connectivity index (χ2n) is 7.63. The maximum atomic E-state index is 13.0. The molecule has 0 unspecified atom stereocenters. The number of hydrogen-bond acceptors (Lipinski definition) is 7. The van der Waals surface area contributed by atoms with E-state index in [-0.39, 0.29) is 18.3 Å². The van der Waals surface area contributed by atoms with Crippen LogP contribution >= 0.6 is 11.6 Å². The van der Waals surface area contributed by atoms with Crippen LogP contribution in [0.3, 0.4) is 0 Å². The Morgan fingerprint density at radius 1 is 1.15 bits per heavy atom. The lowest BCUT2D eigenvalue weighted by molar-refractivity contribution is -0.122. The number of nitrogens with zero attached hydrogens (tertiary/aromatic N) is 5. The molecule has 168 valence electrons. The quantitative estimate of drug-likeness (QED) is 0.382. The molecular formula is C22H19ClFN7O2. The fourth-order valence-electron chi connectivity index (χ4n) is 3.22. The number of amides is 1. The maximum Gasteiger partial charge on any atom is 0.276 e. The number of halogens is 2. The van der Waals surface area contributed by atoms with Crippen LogP contribution in [-0.4, -0.2) is 37.5 Å². The smallest absolute Gasteiger partial charge is 0.276 e. The standard InChI is InChI=1S/C22H19ClFN7O2/c23-17-4-2-1-3-14(17)11-31-22-19(28-30-31)21(25-20(26-22)13-5-6-13)29-27-18(32)12-33-16-9-7-15(24)8-10-16/h1-4,7-10,13H,5-6,11-12H2,(H,27,32)(H,25,26,29). The summed E-state index contributed by atoms with van der Waals surface area (Å²) in [4.78, 5) is 21.4. The molecule has 0 radical (unpaired) electrons. The van der Waals surface area contributed by atoms with Crippen molar-refractivity contribution in [3.63, 3.8) is 0 Å². The molecule has 2 aromatic carbocycles. The molecule has 1 saturated carbocycles. The van der Waals surface area contributed by atoms with Gasteiger partial charge in [-0.15, -0.1) is 5.10 Å². The predicted octanol–water partition coefficient (Wildman–Crippen LogP) is 3.46. The third-order valence-electron chi connectivity index (χ3n) is 5.10. The van der Waals surface area contributed by atoms with Gasteiger partial charge >= 0.3 is 0 Å². The zero-order valence-corrected chi connectivity index (χ0v) is 18.1. The second-order valence-corrected chi connectivity index (χ2v) is 8.04. The van der Waals surface area contributed by atoms with Crippen LogP contribution in [0.1, 0.15) is 30.1 Å². The minimum Gasteiger partial charge on any atom is -0.484 e. The Morgan fingerprint density at radius 2 is 1.94 bits per heavy atom. The molecule has 0 atom stereocenters. The number of aromatic nitrogens is 5. The van der Waals surface area contributed by atoms with Gasteiger partial charge in [0.25, 0.3) is 5.91 Å². The number of carbonyl (C=O) groups is 1. The van der Waals surface area contributed by atoms with Gasteiger partial charge in [0.15, 0.2) is 23.6 Å². The zero-order chi connectivity index (χ0) is 22.8. The molecule has 4 aromatic rings. The van der Waals surface area contributed by atoms with Crippen LogP contribution in [0.5, 0.6) is 5.75 Å². The fourth-order valence-corrected chi connectivity index (χ4v) is 3.42. The van der Waals surface area contributed by atoms with Gasteiger partial charge < -0.3 is 4.74 Å². The van der Waals surface area contributed by atoms with E-state index in [1.165, 1.54) is 24.3 Å². The van der Waals surface area contributed by atoms with Crippen molar-refractivity contribution in [3.8, 4) is 5.75 Å². The molecule has 11 heteroatoms. The van der Waals surface area contributed by atoms with Crippen molar-refractivity contribution in [2.24, 2.45) is 0 Å². The van der Waals surface area contributed by atoms with Crippen molar-refractivity contribution in [2.45, 2.75) is 25.3 Å². The van der Waals surface area contributed by atoms with E-state index >= 15 is 0 Å². The fraction of sp³-hybridized carbons (Fsp3) is 0.227. The average Bonchev–Trinajstić information content (AvgIpc) is 3.60. The molecular weight excluding hydrogens is 449 g/mol. The number of benzene rings is 2. The highest BCUT2D eigenvalue weighted by molar-refractivity contribution is 6.31. The molecule has 0 saturated heterocycles. The van der Waals surface area contributed by atoms with Crippen LogP contribution < -0.4 is 15.6 Å². The molecule has 0 aliphatic heterocycles. The first-order valence-electron chi connectivity index (χ1n) is 10.3. The van der Waals surface area contributed by atoms with Gasteiger partial charge in [0.05, 0.1) is 6.54 Å². The minimum absolute atomic E-state index is 0.262. The molecule has 9 nitrogen and oxygen atoms in total. The van der Waals surface area contributed by atoms with E-state index in [1.807, 2.05) is 24.3 Å². The summed E-state index contributed by atoms with van der Waals surface area (Å²) in [7, 11) is 0. The van der Waals surface area contributed by atoms with E-state index in [0.29, 0.717) is 40.1 Å². The van der Waals surface area contributed by atoms with E-state index in [9.17, 15) is 9.18 Å². The Labute approximate surface area is 192 Å². The van der Waals surface area contributed by atoms with E-state index in [2.05, 4.69) is 31.1 Å². The van der Waals surface area contributed by atoms with Crippen molar-refractivity contribution in [2.75, 3.05) is 12.0 Å². The van der Waals surface area contributed by atoms with Gasteiger partial charge in [-0.1, -0.05) is 35.0 Å². The van der Waals surface area contributed by atoms with Crippen LogP contribution in [0.25, 0.3) is 11.2 Å². The van der Waals surface area contributed by atoms with Crippen molar-refractivity contribution in [3.05, 3.63) is 70.8 Å². The molecule has 33 heavy (non-hydrogen) atoms. The molecule has 1 amide bonds. The molecule has 1 aliphatic rings. The van der Waals surface area contributed by atoms with E-state index in [0.717, 1.165) is 18.4 Å². The SMILES string of the molecule is O=C(COc1ccc(F)cc1)NNc1nc(C2CC2)nc2c1nnn2Cc1ccccc1Cl. The molecule has 1 aliphatic carbocycles. The lowest BCUT2D eigenvalue weighted by Gasteiger charge is -2.11. The monoisotopic (exact) mass is 467 g/mol. The summed E-state index contributed by atoms with van der Waals surface area (Å²) in [6.45, 7) is 0.135. The number of anilines is 1. The van der Waals surface area contributed by atoms with Crippen LogP contribution in [0.15, 0.2) is 48.5 Å². The Kier molecular flexibility index (Phi) is 5.74. The van der Waals surface area contributed by atoms with Gasteiger partial charge in [-0.2, -0.15) is 0 Å². The summed E-state index contributed by atoms with van der Waals surface area (Å²) in [5, 5.41) is 9.06. The topological polar surface area (TPSA) is 107 Å². The maximum absolute atomic E-state index is 13.0. The number of hydrazine groups is 1. The molecule has 0 bridgehead atoms. The molecule has 2 aromatic heterocycles. The highest BCUT2D eigenvalue weighted by Gasteiger charge is 2.29. The van der Waals surface area contributed by atoms with Crippen molar-refractivity contribution >= 4 is 34.5 Å². The van der Waals surface area contributed by atoms with E-state index < -0.39 is 5.91 Å². The van der Waals surface area contributed by atoms with Crippen molar-refractivity contribution in [1.82, 2.24) is 30.4 Å². The van der Waals surface area contributed by atoms with E-state index in [1.54, 1.807) is 4.68 Å². The van der Waals surface area contributed by atoms with Gasteiger partial charge in [-0.25, -0.2) is 19.0 Å². The van der Waals surface area contributed by atoms with Crippen molar-refractivity contribution in [1.29, 1.82) is 0 Å². The Bertz CT molecular complexity index is 1310. The summed E-state index contributed by atoms with van der Waals surface area (Å²) in [6, 6.07) is 12.9. The second kappa shape index (κ2) is 8.99. The predicted molar refractivity (Wildman–Crippen MR) is 119 cm³/mol. The lowest BCUT2D eigenvalue weighted by Crippen LogP contribution is -2.34. The third-order valence-corrected chi connectivity index (χ3v) is 5.47. The zero-order valence-electron chi connectivity index (χ0n) is 17.3. The number of carbonyl (C=O) groups excluding carboxylic acids is 1. The summed E-state index contributed by atoms with van der Waals surface area (Å²) < 4.78 is 20.0. The normalized spacial score (nSPS) is 13.2. The number of nitrogens with one attached hydrogen (secondary N) is 2. The Balaban J connectivity index is 1.33. The molecule has 2 N–H and O–H groups in total. The number of ether oxygens (including phenoxy) is 1. The number of fused-ring (bicyclic) bond motifs is 1.